The summed E-state index contributed by atoms with van der Waals surface area (Å²) in [6.45, 7) is 5.83. The van der Waals surface area contributed by atoms with E-state index in [1.54, 1.807) is 29.6 Å². The molecular formula is C13H20N4O2. The van der Waals surface area contributed by atoms with Gasteiger partial charge >= 0.3 is 0 Å². The molecule has 2 heterocycles. The van der Waals surface area contributed by atoms with Crippen molar-refractivity contribution in [2.75, 3.05) is 0 Å². The fourth-order valence-electron chi connectivity index (χ4n) is 2.27. The number of hydrogen-bond donors (Lipinski definition) is 1. The first-order valence-electron chi connectivity index (χ1n) is 6.46. The first-order chi connectivity index (χ1) is 8.86. The lowest BCUT2D eigenvalue weighted by Crippen LogP contribution is -2.67. The van der Waals surface area contributed by atoms with Crippen LogP contribution in [0.2, 0.25) is 0 Å². The minimum atomic E-state index is -0.835. The zero-order valence-corrected chi connectivity index (χ0v) is 11.8. The molecule has 0 saturated carbocycles. The van der Waals surface area contributed by atoms with Gasteiger partial charge in [-0.05, 0) is 20.3 Å². The number of nitrogens with one attached hydrogen (secondary N) is 1. The maximum atomic E-state index is 12.4. The van der Waals surface area contributed by atoms with Crippen LogP contribution in [0, 0.1) is 0 Å². The molecule has 0 aromatic carbocycles. The van der Waals surface area contributed by atoms with Crippen LogP contribution in [-0.4, -0.2) is 38.1 Å². The molecule has 1 saturated heterocycles. The molecule has 1 aliphatic rings. The van der Waals surface area contributed by atoms with Crippen LogP contribution in [0.4, 0.5) is 0 Å². The molecule has 0 aliphatic carbocycles. The number of carbonyl (C=O) groups excluding carboxylic acids is 2. The Bertz CT molecular complexity index is 506. The second-order valence-electron chi connectivity index (χ2n) is 5.44. The predicted octanol–water partition coefficient (Wildman–Crippen LogP) is 0.436. The molecule has 0 spiro atoms. The van der Waals surface area contributed by atoms with E-state index in [1.807, 2.05) is 20.2 Å². The van der Waals surface area contributed by atoms with Crippen LogP contribution >= 0.6 is 0 Å². The van der Waals surface area contributed by atoms with Crippen LogP contribution in [0.5, 0.6) is 0 Å². The van der Waals surface area contributed by atoms with Crippen molar-refractivity contribution in [3.8, 4) is 0 Å². The number of nitrogens with zero attached hydrogens (tertiary/aromatic N) is 3. The highest BCUT2D eigenvalue weighted by Crippen LogP contribution is 2.24. The van der Waals surface area contributed by atoms with Crippen molar-refractivity contribution in [3.63, 3.8) is 0 Å². The van der Waals surface area contributed by atoms with Gasteiger partial charge in [0.2, 0.25) is 11.8 Å². The van der Waals surface area contributed by atoms with Gasteiger partial charge in [0.15, 0.2) is 0 Å². The maximum Gasteiger partial charge on any atom is 0.246 e. The lowest BCUT2D eigenvalue weighted by Gasteiger charge is -2.44. The van der Waals surface area contributed by atoms with E-state index < -0.39 is 11.6 Å². The zero-order chi connectivity index (χ0) is 14.2. The third-order valence-corrected chi connectivity index (χ3v) is 3.61. The molecule has 1 fully saturated rings. The fraction of sp³-hybridized carbons (Fsp3) is 0.615. The molecule has 0 bridgehead atoms. The van der Waals surface area contributed by atoms with Crippen molar-refractivity contribution < 1.29 is 9.59 Å². The minimum absolute atomic E-state index is 0.0315. The molecule has 6 heteroatoms. The number of aromatic nitrogens is 2. The highest BCUT2D eigenvalue weighted by Gasteiger charge is 2.45. The van der Waals surface area contributed by atoms with Crippen molar-refractivity contribution in [1.82, 2.24) is 20.0 Å². The summed E-state index contributed by atoms with van der Waals surface area (Å²) in [5.41, 5.74) is 0.0898. The molecule has 1 unspecified atom stereocenters. The number of aryl methyl sites for hydroxylation is 1. The summed E-state index contributed by atoms with van der Waals surface area (Å²) in [5.74, 6) is -0.140. The van der Waals surface area contributed by atoms with E-state index in [0.29, 0.717) is 13.0 Å². The van der Waals surface area contributed by atoms with Crippen LogP contribution in [0.15, 0.2) is 12.4 Å². The SMILES string of the molecule is CCC1NC(=O)C(C)(C)N(Cc2cnn(C)c2)C1=O. The predicted molar refractivity (Wildman–Crippen MR) is 70.1 cm³/mol. The average Bonchev–Trinajstić information content (AvgIpc) is 2.75. The van der Waals surface area contributed by atoms with Gasteiger partial charge in [0, 0.05) is 25.4 Å². The molecule has 1 aromatic rings. The fourth-order valence-corrected chi connectivity index (χ4v) is 2.27. The summed E-state index contributed by atoms with van der Waals surface area (Å²) in [6.07, 6.45) is 4.18. The number of piperazine rings is 1. The van der Waals surface area contributed by atoms with Gasteiger partial charge in [-0.15, -0.1) is 0 Å². The average molecular weight is 264 g/mol. The van der Waals surface area contributed by atoms with E-state index in [1.165, 1.54) is 0 Å². The largest absolute Gasteiger partial charge is 0.342 e. The van der Waals surface area contributed by atoms with Gasteiger partial charge in [-0.3, -0.25) is 14.3 Å². The van der Waals surface area contributed by atoms with E-state index in [2.05, 4.69) is 10.4 Å². The van der Waals surface area contributed by atoms with Crippen molar-refractivity contribution in [2.24, 2.45) is 7.05 Å². The monoisotopic (exact) mass is 264 g/mol. The standard InChI is InChI=1S/C13H20N4O2/c1-5-10-11(18)17(13(2,3)12(19)15-10)8-9-6-14-16(4)7-9/h6-7,10H,5,8H2,1-4H3,(H,15,19). The lowest BCUT2D eigenvalue weighted by molar-refractivity contribution is -0.156. The smallest absolute Gasteiger partial charge is 0.246 e. The minimum Gasteiger partial charge on any atom is -0.342 e. The third kappa shape index (κ3) is 2.34. The Morgan fingerprint density at radius 2 is 2.11 bits per heavy atom. The van der Waals surface area contributed by atoms with Crippen molar-refractivity contribution in [2.45, 2.75) is 45.3 Å². The first kappa shape index (κ1) is 13.6. The number of rotatable bonds is 3. The molecule has 2 rings (SSSR count). The normalized spacial score (nSPS) is 22.5. The van der Waals surface area contributed by atoms with Gasteiger partial charge in [0.1, 0.15) is 11.6 Å². The molecule has 104 valence electrons. The molecule has 1 N–H and O–H groups in total. The van der Waals surface area contributed by atoms with Gasteiger partial charge in [-0.25, -0.2) is 0 Å². The van der Waals surface area contributed by atoms with Crippen LogP contribution in [-0.2, 0) is 23.2 Å². The molecule has 0 radical (unpaired) electrons. The van der Waals surface area contributed by atoms with Crippen LogP contribution in [0.3, 0.4) is 0 Å². The number of carbonyl (C=O) groups is 2. The molecule has 1 aromatic heterocycles. The number of hydrogen-bond acceptors (Lipinski definition) is 3. The Labute approximate surface area is 112 Å². The molecule has 1 atom stereocenters. The Morgan fingerprint density at radius 3 is 2.63 bits per heavy atom. The topological polar surface area (TPSA) is 67.2 Å². The highest BCUT2D eigenvalue weighted by atomic mass is 16.2. The quantitative estimate of drug-likeness (QED) is 0.861. The van der Waals surface area contributed by atoms with E-state index in [9.17, 15) is 9.59 Å². The summed E-state index contributed by atoms with van der Waals surface area (Å²) >= 11 is 0. The van der Waals surface area contributed by atoms with Crippen molar-refractivity contribution in [3.05, 3.63) is 18.0 Å². The molecule has 6 nitrogen and oxygen atoms in total. The third-order valence-electron chi connectivity index (χ3n) is 3.61. The Kier molecular flexibility index (Phi) is 3.34. The van der Waals surface area contributed by atoms with E-state index in [0.717, 1.165) is 5.56 Å². The van der Waals surface area contributed by atoms with Gasteiger partial charge in [-0.1, -0.05) is 6.92 Å². The Hall–Kier alpha value is -1.85. The van der Waals surface area contributed by atoms with Gasteiger partial charge in [0.05, 0.1) is 6.20 Å². The first-order valence-corrected chi connectivity index (χ1v) is 6.46. The second-order valence-corrected chi connectivity index (χ2v) is 5.44. The highest BCUT2D eigenvalue weighted by molar-refractivity contribution is 5.99. The summed E-state index contributed by atoms with van der Waals surface area (Å²) < 4.78 is 1.69. The molecular weight excluding hydrogens is 244 g/mol. The summed E-state index contributed by atoms with van der Waals surface area (Å²) in [4.78, 5) is 26.2. The zero-order valence-electron chi connectivity index (χ0n) is 11.8. The lowest BCUT2D eigenvalue weighted by atomic mass is 9.94. The van der Waals surface area contributed by atoms with E-state index in [4.69, 9.17) is 0 Å². The Balaban J connectivity index is 2.27. The van der Waals surface area contributed by atoms with Crippen LogP contribution in [0.1, 0.15) is 32.8 Å². The molecule has 1 aliphatic heterocycles. The van der Waals surface area contributed by atoms with Crippen LogP contribution < -0.4 is 5.32 Å². The second kappa shape index (κ2) is 4.68. The van der Waals surface area contributed by atoms with Gasteiger partial charge in [-0.2, -0.15) is 5.10 Å². The summed E-state index contributed by atoms with van der Waals surface area (Å²) in [5, 5.41) is 6.87. The van der Waals surface area contributed by atoms with Gasteiger partial charge in [0.25, 0.3) is 0 Å². The van der Waals surface area contributed by atoms with Crippen LogP contribution in [0.25, 0.3) is 0 Å². The maximum absolute atomic E-state index is 12.4. The Morgan fingerprint density at radius 1 is 1.42 bits per heavy atom. The van der Waals surface area contributed by atoms with Gasteiger partial charge < -0.3 is 10.2 Å². The van der Waals surface area contributed by atoms with Crippen molar-refractivity contribution >= 4 is 11.8 Å². The van der Waals surface area contributed by atoms with E-state index >= 15 is 0 Å². The molecule has 19 heavy (non-hydrogen) atoms. The van der Waals surface area contributed by atoms with E-state index in [-0.39, 0.29) is 11.8 Å². The summed E-state index contributed by atoms with van der Waals surface area (Å²) in [6, 6.07) is -0.419. The molecule has 2 amide bonds. The number of amides is 2. The van der Waals surface area contributed by atoms with Crippen molar-refractivity contribution in [1.29, 1.82) is 0 Å². The summed E-state index contributed by atoms with van der Waals surface area (Å²) in [7, 11) is 1.83.